The zero-order valence-electron chi connectivity index (χ0n) is 16.2. The SMILES string of the molecule is CNC1CCN(C(=O)CS(=O)(=O)N2CCN(c3cccc(C)c3)CC2)CC1. The number of aryl methyl sites for hydroxylation is 1. The van der Waals surface area contributed by atoms with Crippen molar-refractivity contribution in [1.29, 1.82) is 0 Å². The van der Waals surface area contributed by atoms with Gasteiger partial charge in [-0.2, -0.15) is 4.31 Å². The predicted octanol–water partition coefficient (Wildman–Crippen LogP) is 0.657. The Labute approximate surface area is 162 Å². The van der Waals surface area contributed by atoms with Crippen LogP contribution in [0.2, 0.25) is 0 Å². The van der Waals surface area contributed by atoms with Crippen LogP contribution in [-0.2, 0) is 14.8 Å². The number of piperidine rings is 1. The Hall–Kier alpha value is -1.64. The Morgan fingerprint density at radius 1 is 1.11 bits per heavy atom. The average Bonchev–Trinajstić information content (AvgIpc) is 2.68. The molecule has 0 bridgehead atoms. The number of likely N-dealkylation sites (tertiary alicyclic amines) is 1. The standard InChI is InChI=1S/C19H30N4O3S/c1-16-4-3-5-18(14-16)21-10-12-23(13-11-21)27(25,26)15-19(24)22-8-6-17(20-2)7-9-22/h3-5,14,17,20H,6-13,15H2,1-2H3. The fourth-order valence-corrected chi connectivity index (χ4v) is 5.20. The van der Waals surface area contributed by atoms with Gasteiger partial charge in [0.2, 0.25) is 15.9 Å². The molecule has 0 aromatic heterocycles. The maximum Gasteiger partial charge on any atom is 0.239 e. The number of anilines is 1. The molecule has 0 aliphatic carbocycles. The summed E-state index contributed by atoms with van der Waals surface area (Å²) >= 11 is 0. The van der Waals surface area contributed by atoms with Crippen LogP contribution in [0.3, 0.4) is 0 Å². The first-order valence-electron chi connectivity index (χ1n) is 9.63. The van der Waals surface area contributed by atoms with E-state index in [0.717, 1.165) is 18.5 Å². The van der Waals surface area contributed by atoms with Crippen molar-refractivity contribution < 1.29 is 13.2 Å². The zero-order valence-corrected chi connectivity index (χ0v) is 17.0. The first kappa shape index (κ1) is 20.1. The smallest absolute Gasteiger partial charge is 0.239 e. The summed E-state index contributed by atoms with van der Waals surface area (Å²) in [5.74, 6) is -0.688. The molecule has 2 aliphatic rings. The van der Waals surface area contributed by atoms with Crippen molar-refractivity contribution in [1.82, 2.24) is 14.5 Å². The van der Waals surface area contributed by atoms with Crippen LogP contribution < -0.4 is 10.2 Å². The maximum absolute atomic E-state index is 12.7. The molecule has 1 amide bonds. The molecule has 2 aliphatic heterocycles. The van der Waals surface area contributed by atoms with Crippen molar-refractivity contribution in [2.24, 2.45) is 0 Å². The topological polar surface area (TPSA) is 73.0 Å². The average molecular weight is 395 g/mol. The molecule has 0 unspecified atom stereocenters. The number of sulfonamides is 1. The van der Waals surface area contributed by atoms with Crippen molar-refractivity contribution in [2.45, 2.75) is 25.8 Å². The number of amides is 1. The Balaban J connectivity index is 1.53. The summed E-state index contributed by atoms with van der Waals surface area (Å²) in [7, 11) is -1.65. The van der Waals surface area contributed by atoms with Crippen molar-refractivity contribution >= 4 is 21.6 Å². The molecule has 2 fully saturated rings. The summed E-state index contributed by atoms with van der Waals surface area (Å²) in [5, 5.41) is 3.22. The number of nitrogens with zero attached hydrogens (tertiary/aromatic N) is 3. The summed E-state index contributed by atoms with van der Waals surface area (Å²) in [4.78, 5) is 16.4. The third-order valence-corrected chi connectivity index (χ3v) is 7.32. The van der Waals surface area contributed by atoms with E-state index >= 15 is 0 Å². The highest BCUT2D eigenvalue weighted by molar-refractivity contribution is 7.89. The van der Waals surface area contributed by atoms with E-state index in [1.807, 2.05) is 13.1 Å². The second kappa shape index (κ2) is 8.58. The predicted molar refractivity (Wildman–Crippen MR) is 107 cm³/mol. The number of hydrogen-bond acceptors (Lipinski definition) is 5. The monoisotopic (exact) mass is 394 g/mol. The molecule has 1 aromatic rings. The molecule has 0 saturated carbocycles. The van der Waals surface area contributed by atoms with Gasteiger partial charge in [0.1, 0.15) is 5.75 Å². The minimum atomic E-state index is -3.56. The van der Waals surface area contributed by atoms with Gasteiger partial charge in [-0.05, 0) is 44.5 Å². The van der Waals surface area contributed by atoms with Gasteiger partial charge in [-0.25, -0.2) is 8.42 Å². The van der Waals surface area contributed by atoms with Crippen LogP contribution in [0.5, 0.6) is 0 Å². The molecule has 3 rings (SSSR count). The van der Waals surface area contributed by atoms with Crippen LogP contribution >= 0.6 is 0 Å². The van der Waals surface area contributed by atoms with E-state index in [4.69, 9.17) is 0 Å². The fraction of sp³-hybridized carbons (Fsp3) is 0.632. The first-order chi connectivity index (χ1) is 12.9. The Bertz CT molecular complexity index is 752. The Morgan fingerprint density at radius 3 is 2.37 bits per heavy atom. The van der Waals surface area contributed by atoms with Crippen LogP contribution in [0.1, 0.15) is 18.4 Å². The molecule has 7 nitrogen and oxygen atoms in total. The van der Waals surface area contributed by atoms with Crippen molar-refractivity contribution in [2.75, 3.05) is 57.0 Å². The van der Waals surface area contributed by atoms with E-state index in [0.29, 0.717) is 45.3 Å². The summed E-state index contributed by atoms with van der Waals surface area (Å²) < 4.78 is 26.9. The van der Waals surface area contributed by atoms with Gasteiger partial charge >= 0.3 is 0 Å². The highest BCUT2D eigenvalue weighted by Crippen LogP contribution is 2.19. The minimum Gasteiger partial charge on any atom is -0.369 e. The largest absolute Gasteiger partial charge is 0.369 e. The number of piperazine rings is 1. The van der Waals surface area contributed by atoms with Crippen LogP contribution in [0.15, 0.2) is 24.3 Å². The highest BCUT2D eigenvalue weighted by atomic mass is 32.2. The molecule has 1 N–H and O–H groups in total. The molecule has 0 atom stereocenters. The summed E-state index contributed by atoms with van der Waals surface area (Å²) in [5.41, 5.74) is 2.31. The van der Waals surface area contributed by atoms with Gasteiger partial charge in [0.05, 0.1) is 0 Å². The van der Waals surface area contributed by atoms with E-state index in [2.05, 4.69) is 35.3 Å². The number of nitrogens with one attached hydrogen (secondary N) is 1. The molecule has 0 radical (unpaired) electrons. The lowest BCUT2D eigenvalue weighted by atomic mass is 10.1. The van der Waals surface area contributed by atoms with Gasteiger partial charge in [0.25, 0.3) is 0 Å². The number of benzene rings is 1. The molecular formula is C19H30N4O3S. The zero-order chi connectivity index (χ0) is 19.4. The Morgan fingerprint density at radius 2 is 1.78 bits per heavy atom. The molecule has 150 valence electrons. The maximum atomic E-state index is 12.7. The van der Waals surface area contributed by atoms with Gasteiger partial charge in [-0.15, -0.1) is 0 Å². The lowest BCUT2D eigenvalue weighted by Crippen LogP contribution is -2.52. The number of carbonyl (C=O) groups excluding carboxylic acids is 1. The van der Waals surface area contributed by atoms with Crippen LogP contribution in [-0.4, -0.2) is 81.6 Å². The van der Waals surface area contributed by atoms with Crippen LogP contribution in [0, 0.1) is 6.92 Å². The van der Waals surface area contributed by atoms with Gasteiger partial charge in [-0.3, -0.25) is 4.79 Å². The summed E-state index contributed by atoms with van der Waals surface area (Å²) in [6.45, 7) is 5.43. The van der Waals surface area contributed by atoms with Gasteiger partial charge in [0, 0.05) is 51.0 Å². The van der Waals surface area contributed by atoms with Crippen LogP contribution in [0.4, 0.5) is 5.69 Å². The summed E-state index contributed by atoms with van der Waals surface area (Å²) in [6.07, 6.45) is 1.74. The van der Waals surface area contributed by atoms with E-state index < -0.39 is 15.8 Å². The van der Waals surface area contributed by atoms with E-state index in [-0.39, 0.29) is 5.91 Å². The number of carbonyl (C=O) groups is 1. The molecule has 2 heterocycles. The third kappa shape index (κ3) is 5.00. The molecule has 0 spiro atoms. The summed E-state index contributed by atoms with van der Waals surface area (Å²) in [6, 6.07) is 8.65. The molecule has 8 heteroatoms. The quantitative estimate of drug-likeness (QED) is 0.794. The lowest BCUT2D eigenvalue weighted by molar-refractivity contribution is -0.129. The van der Waals surface area contributed by atoms with Crippen LogP contribution in [0.25, 0.3) is 0 Å². The van der Waals surface area contributed by atoms with E-state index in [1.165, 1.54) is 9.87 Å². The molecule has 2 saturated heterocycles. The number of rotatable bonds is 5. The Kier molecular flexibility index (Phi) is 6.39. The van der Waals surface area contributed by atoms with Crippen molar-refractivity contribution in [3.05, 3.63) is 29.8 Å². The fourth-order valence-electron chi connectivity index (χ4n) is 3.81. The first-order valence-corrected chi connectivity index (χ1v) is 11.2. The number of hydrogen-bond donors (Lipinski definition) is 1. The second-order valence-corrected chi connectivity index (χ2v) is 9.39. The third-order valence-electron chi connectivity index (χ3n) is 5.56. The molecule has 1 aromatic carbocycles. The highest BCUT2D eigenvalue weighted by Gasteiger charge is 2.31. The van der Waals surface area contributed by atoms with Crippen molar-refractivity contribution in [3.63, 3.8) is 0 Å². The molecule has 27 heavy (non-hydrogen) atoms. The van der Waals surface area contributed by atoms with E-state index in [1.54, 1.807) is 4.90 Å². The van der Waals surface area contributed by atoms with Gasteiger partial charge in [0.15, 0.2) is 0 Å². The lowest BCUT2D eigenvalue weighted by Gasteiger charge is -2.36. The van der Waals surface area contributed by atoms with Gasteiger partial charge in [-0.1, -0.05) is 12.1 Å². The van der Waals surface area contributed by atoms with E-state index in [9.17, 15) is 13.2 Å². The molecular weight excluding hydrogens is 364 g/mol. The minimum absolute atomic E-state index is 0.273. The van der Waals surface area contributed by atoms with Crippen molar-refractivity contribution in [3.8, 4) is 0 Å². The normalized spacial score (nSPS) is 20.1. The van der Waals surface area contributed by atoms with Gasteiger partial charge < -0.3 is 15.1 Å². The second-order valence-electron chi connectivity index (χ2n) is 7.43.